The minimum Gasteiger partial charge on any atom is -0.322 e. The van der Waals surface area contributed by atoms with Crippen LogP contribution in [0.3, 0.4) is 0 Å². The first kappa shape index (κ1) is 17.9. The van der Waals surface area contributed by atoms with Crippen molar-refractivity contribution in [2.75, 3.05) is 5.32 Å². The van der Waals surface area contributed by atoms with Gasteiger partial charge in [-0.1, -0.05) is 11.6 Å². The lowest BCUT2D eigenvalue weighted by atomic mass is 10.2. The van der Waals surface area contributed by atoms with Gasteiger partial charge in [-0.2, -0.15) is 5.10 Å². The molecule has 7 heteroatoms. The van der Waals surface area contributed by atoms with Gasteiger partial charge in [0.1, 0.15) is 16.5 Å². The number of hydrogen-bond donors (Lipinski definition) is 1. The first-order valence-corrected chi connectivity index (χ1v) is 8.91. The van der Waals surface area contributed by atoms with Crippen molar-refractivity contribution >= 4 is 45.8 Å². The summed E-state index contributed by atoms with van der Waals surface area (Å²) in [5.41, 5.74) is 3.05. The van der Waals surface area contributed by atoms with Crippen LogP contribution < -0.4 is 5.32 Å². The summed E-state index contributed by atoms with van der Waals surface area (Å²) >= 11 is 8.59. The molecule has 3 rings (SSSR count). The highest BCUT2D eigenvalue weighted by atomic mass is 127. The van der Waals surface area contributed by atoms with Gasteiger partial charge >= 0.3 is 0 Å². The monoisotopic (exact) mass is 469 g/mol. The highest BCUT2D eigenvalue weighted by molar-refractivity contribution is 14.1. The van der Waals surface area contributed by atoms with Crippen LogP contribution in [-0.2, 0) is 0 Å². The molecule has 1 amide bonds. The molecule has 4 nitrogen and oxygen atoms in total. The predicted molar refractivity (Wildman–Crippen MR) is 105 cm³/mol. The van der Waals surface area contributed by atoms with E-state index < -0.39 is 0 Å². The molecule has 0 radical (unpaired) electrons. The van der Waals surface area contributed by atoms with E-state index >= 15 is 0 Å². The lowest BCUT2D eigenvalue weighted by Gasteiger charge is -2.09. The molecule has 0 bridgehead atoms. The van der Waals surface area contributed by atoms with E-state index in [1.165, 1.54) is 16.8 Å². The van der Waals surface area contributed by atoms with Crippen molar-refractivity contribution in [1.82, 2.24) is 9.78 Å². The summed E-state index contributed by atoms with van der Waals surface area (Å²) in [6, 6.07) is 11.5. The highest BCUT2D eigenvalue weighted by Gasteiger charge is 2.21. The van der Waals surface area contributed by atoms with Gasteiger partial charge < -0.3 is 5.32 Å². The second kappa shape index (κ2) is 7.13. The fourth-order valence-corrected chi connectivity index (χ4v) is 3.47. The Hall–Kier alpha value is -1.93. The number of halogens is 3. The Morgan fingerprint density at radius 2 is 1.88 bits per heavy atom. The third-order valence-electron chi connectivity index (χ3n) is 3.74. The number of aryl methyl sites for hydroxylation is 2. The molecule has 0 fully saturated rings. The lowest BCUT2D eigenvalue weighted by Crippen LogP contribution is -2.14. The number of amides is 1. The van der Waals surface area contributed by atoms with Gasteiger partial charge in [0.2, 0.25) is 0 Å². The second-order valence-electron chi connectivity index (χ2n) is 5.55. The Morgan fingerprint density at radius 3 is 2.52 bits per heavy atom. The SMILES string of the molecule is Cc1cc(I)ccc1NC(=O)c1c(C)nn(-c2ccc(F)cc2)c1Cl. The van der Waals surface area contributed by atoms with Crippen LogP contribution in [0.15, 0.2) is 42.5 Å². The zero-order valence-corrected chi connectivity index (χ0v) is 16.4. The fraction of sp³-hybridized carbons (Fsp3) is 0.111. The van der Waals surface area contributed by atoms with Gasteiger partial charge in [0.15, 0.2) is 0 Å². The molecule has 0 unspecified atom stereocenters. The number of anilines is 1. The maximum Gasteiger partial charge on any atom is 0.260 e. The third kappa shape index (κ3) is 3.69. The smallest absolute Gasteiger partial charge is 0.260 e. The Morgan fingerprint density at radius 1 is 1.20 bits per heavy atom. The standard InChI is InChI=1S/C18H14ClFIN3O/c1-10-9-13(21)5-8-15(10)22-18(25)16-11(2)23-24(17(16)19)14-6-3-12(20)4-7-14/h3-9H,1-2H3,(H,22,25). The van der Waals surface area contributed by atoms with Crippen LogP contribution in [0.2, 0.25) is 5.15 Å². The van der Waals surface area contributed by atoms with Crippen molar-refractivity contribution in [3.63, 3.8) is 0 Å². The van der Waals surface area contributed by atoms with Gasteiger partial charge in [0, 0.05) is 9.26 Å². The van der Waals surface area contributed by atoms with Crippen LogP contribution in [0.25, 0.3) is 5.69 Å². The van der Waals surface area contributed by atoms with Crippen LogP contribution in [0.4, 0.5) is 10.1 Å². The van der Waals surface area contributed by atoms with E-state index in [1.54, 1.807) is 19.1 Å². The molecule has 0 spiro atoms. The molecule has 3 aromatic rings. The Balaban J connectivity index is 1.94. The first-order valence-electron chi connectivity index (χ1n) is 7.45. The zero-order valence-electron chi connectivity index (χ0n) is 13.5. The molecule has 0 aliphatic rings. The topological polar surface area (TPSA) is 46.9 Å². The normalized spacial score (nSPS) is 10.8. The quantitative estimate of drug-likeness (QED) is 0.540. The van der Waals surface area contributed by atoms with Crippen molar-refractivity contribution in [2.24, 2.45) is 0 Å². The number of carbonyl (C=O) groups excluding carboxylic acids is 1. The number of nitrogens with one attached hydrogen (secondary N) is 1. The van der Waals surface area contributed by atoms with Crippen LogP contribution in [0.5, 0.6) is 0 Å². The van der Waals surface area contributed by atoms with Gasteiger partial charge in [-0.15, -0.1) is 0 Å². The van der Waals surface area contributed by atoms with Gasteiger partial charge in [-0.25, -0.2) is 9.07 Å². The van der Waals surface area contributed by atoms with E-state index in [0.717, 1.165) is 14.8 Å². The van der Waals surface area contributed by atoms with Crippen LogP contribution in [0.1, 0.15) is 21.6 Å². The van der Waals surface area contributed by atoms with E-state index in [-0.39, 0.29) is 16.9 Å². The van der Waals surface area contributed by atoms with E-state index in [2.05, 4.69) is 33.0 Å². The van der Waals surface area contributed by atoms with E-state index in [1.807, 2.05) is 25.1 Å². The Kier molecular flexibility index (Phi) is 5.10. The number of nitrogens with zero attached hydrogens (tertiary/aromatic N) is 2. The van der Waals surface area contributed by atoms with E-state index in [0.29, 0.717) is 16.9 Å². The lowest BCUT2D eigenvalue weighted by molar-refractivity contribution is 0.102. The maximum atomic E-state index is 13.1. The molecule has 25 heavy (non-hydrogen) atoms. The minimum atomic E-state index is -0.351. The zero-order chi connectivity index (χ0) is 18.1. The molecule has 1 N–H and O–H groups in total. The number of aromatic nitrogens is 2. The van der Waals surface area contributed by atoms with Gasteiger partial charge in [0.25, 0.3) is 5.91 Å². The van der Waals surface area contributed by atoms with Gasteiger partial charge in [-0.3, -0.25) is 4.79 Å². The molecule has 0 saturated carbocycles. The molecule has 0 saturated heterocycles. The first-order chi connectivity index (χ1) is 11.9. The summed E-state index contributed by atoms with van der Waals surface area (Å²) in [5.74, 6) is -0.684. The third-order valence-corrected chi connectivity index (χ3v) is 4.76. The van der Waals surface area contributed by atoms with Crippen LogP contribution in [-0.4, -0.2) is 15.7 Å². The fourth-order valence-electron chi connectivity index (χ4n) is 2.46. The molecule has 1 aromatic heterocycles. The second-order valence-corrected chi connectivity index (χ2v) is 7.16. The number of benzene rings is 2. The summed E-state index contributed by atoms with van der Waals surface area (Å²) < 4.78 is 15.6. The maximum absolute atomic E-state index is 13.1. The van der Waals surface area contributed by atoms with Crippen LogP contribution >= 0.6 is 34.2 Å². The average molecular weight is 470 g/mol. The summed E-state index contributed by atoms with van der Waals surface area (Å²) in [7, 11) is 0. The summed E-state index contributed by atoms with van der Waals surface area (Å²) in [6.07, 6.45) is 0. The molecular weight excluding hydrogens is 456 g/mol. The minimum absolute atomic E-state index is 0.185. The predicted octanol–water partition coefficient (Wildman–Crippen LogP) is 5.14. The summed E-state index contributed by atoms with van der Waals surface area (Å²) in [6.45, 7) is 3.63. The van der Waals surface area contributed by atoms with Gasteiger partial charge in [0.05, 0.1) is 11.4 Å². The molecule has 0 atom stereocenters. The number of rotatable bonds is 3. The Labute approximate surface area is 163 Å². The largest absolute Gasteiger partial charge is 0.322 e. The molecule has 2 aromatic carbocycles. The molecule has 128 valence electrons. The highest BCUT2D eigenvalue weighted by Crippen LogP contribution is 2.26. The van der Waals surface area contributed by atoms with Crippen molar-refractivity contribution in [3.8, 4) is 5.69 Å². The molecule has 0 aliphatic heterocycles. The van der Waals surface area contributed by atoms with Crippen molar-refractivity contribution in [2.45, 2.75) is 13.8 Å². The van der Waals surface area contributed by atoms with Gasteiger partial charge in [-0.05, 0) is 84.5 Å². The van der Waals surface area contributed by atoms with Crippen molar-refractivity contribution in [1.29, 1.82) is 0 Å². The summed E-state index contributed by atoms with van der Waals surface area (Å²) in [4.78, 5) is 12.7. The van der Waals surface area contributed by atoms with E-state index in [9.17, 15) is 9.18 Å². The summed E-state index contributed by atoms with van der Waals surface area (Å²) in [5, 5.41) is 7.36. The van der Waals surface area contributed by atoms with Crippen molar-refractivity contribution in [3.05, 3.63) is 73.8 Å². The van der Waals surface area contributed by atoms with Crippen LogP contribution in [0, 0.1) is 23.2 Å². The van der Waals surface area contributed by atoms with Crippen molar-refractivity contribution < 1.29 is 9.18 Å². The molecule has 1 heterocycles. The number of hydrogen-bond acceptors (Lipinski definition) is 2. The molecular formula is C18H14ClFIN3O. The Bertz CT molecular complexity index is 954. The van der Waals surface area contributed by atoms with E-state index in [4.69, 9.17) is 11.6 Å². The number of carbonyl (C=O) groups is 1. The average Bonchev–Trinajstić information content (AvgIpc) is 2.85. The molecule has 0 aliphatic carbocycles.